The Hall–Kier alpha value is -4.00. The number of amides is 1. The molecule has 0 aliphatic rings. The van der Waals surface area contributed by atoms with Crippen LogP contribution in [0.4, 0.5) is 5.69 Å². The van der Waals surface area contributed by atoms with Gasteiger partial charge in [0.15, 0.2) is 0 Å². The summed E-state index contributed by atoms with van der Waals surface area (Å²) in [7, 11) is 1.28. The number of benzene rings is 3. The quantitative estimate of drug-likeness (QED) is 0.304. The molecule has 0 aliphatic heterocycles. The maximum Gasteiger partial charge on any atom is 0.328 e. The van der Waals surface area contributed by atoms with Gasteiger partial charge in [0.05, 0.1) is 25.9 Å². The third-order valence-electron chi connectivity index (χ3n) is 4.73. The number of esters is 1. The second-order valence-corrected chi connectivity index (χ2v) is 7.25. The number of carbonyl (C=O) groups is 2. The largest absolute Gasteiger partial charge is 0.467 e. The van der Waals surface area contributed by atoms with E-state index in [0.717, 1.165) is 11.1 Å². The maximum absolute atomic E-state index is 12.3. The maximum atomic E-state index is 12.3. The predicted molar refractivity (Wildman–Crippen MR) is 122 cm³/mol. The van der Waals surface area contributed by atoms with E-state index in [2.05, 4.69) is 44.7 Å². The summed E-state index contributed by atoms with van der Waals surface area (Å²) >= 11 is 0. The van der Waals surface area contributed by atoms with Crippen molar-refractivity contribution in [1.29, 1.82) is 0 Å². The first-order valence-electron chi connectivity index (χ1n) is 10.3. The molecule has 3 rings (SSSR count). The summed E-state index contributed by atoms with van der Waals surface area (Å²) in [6.07, 6.45) is 0. The fourth-order valence-corrected chi connectivity index (χ4v) is 3.02. The summed E-state index contributed by atoms with van der Waals surface area (Å²) in [5, 5.41) is 13.3. The average molecular weight is 431 g/mol. The van der Waals surface area contributed by atoms with Crippen LogP contribution >= 0.6 is 0 Å². The third kappa shape index (κ3) is 6.77. The van der Waals surface area contributed by atoms with Gasteiger partial charge in [-0.25, -0.2) is 4.79 Å². The fourth-order valence-electron chi connectivity index (χ4n) is 3.02. The summed E-state index contributed by atoms with van der Waals surface area (Å²) in [5.41, 5.74) is 3.31. The third-order valence-corrected chi connectivity index (χ3v) is 4.73. The molecule has 0 heterocycles. The normalized spacial score (nSPS) is 11.7. The molecule has 0 radical (unpaired) electrons. The van der Waals surface area contributed by atoms with Crippen molar-refractivity contribution in [3.05, 3.63) is 102 Å². The molecule has 1 atom stereocenters. The van der Waals surface area contributed by atoms with E-state index in [4.69, 9.17) is 0 Å². The van der Waals surface area contributed by atoms with E-state index < -0.39 is 12.0 Å². The van der Waals surface area contributed by atoms with E-state index in [9.17, 15) is 9.59 Å². The molecule has 3 aromatic carbocycles. The first-order chi connectivity index (χ1) is 15.5. The Balaban J connectivity index is 1.68. The van der Waals surface area contributed by atoms with E-state index in [1.165, 1.54) is 7.11 Å². The lowest BCUT2D eigenvalue weighted by atomic mass is 10.2. The minimum absolute atomic E-state index is 0.360. The van der Waals surface area contributed by atoms with E-state index in [1.807, 2.05) is 41.4 Å². The summed E-state index contributed by atoms with van der Waals surface area (Å²) in [4.78, 5) is 23.8. The molecule has 164 valence electrons. The summed E-state index contributed by atoms with van der Waals surface area (Å²) < 4.78 is 4.62. The van der Waals surface area contributed by atoms with Crippen LogP contribution in [0.25, 0.3) is 0 Å². The molecular weight excluding hydrogens is 404 g/mol. The lowest BCUT2D eigenvalue weighted by Crippen LogP contribution is -2.39. The first kappa shape index (κ1) is 22.7. The smallest absolute Gasteiger partial charge is 0.328 e. The second-order valence-electron chi connectivity index (χ2n) is 7.25. The SMILES string of the molecule is COC(=O)C(C)NC(=O)c1ccc(N=NN(Cc2ccccc2)Cc2ccccc2)cc1. The monoisotopic (exact) mass is 430 g/mol. The van der Waals surface area contributed by atoms with Crippen LogP contribution in [0.3, 0.4) is 0 Å². The van der Waals surface area contributed by atoms with Crippen molar-refractivity contribution in [2.45, 2.75) is 26.1 Å². The summed E-state index contributed by atoms with van der Waals surface area (Å²) in [5.74, 6) is -0.859. The number of hydrogen-bond acceptors (Lipinski definition) is 5. The summed E-state index contributed by atoms with van der Waals surface area (Å²) in [6, 6.07) is 26.2. The zero-order valence-corrected chi connectivity index (χ0v) is 18.1. The molecule has 0 saturated carbocycles. The van der Waals surface area contributed by atoms with Crippen LogP contribution in [-0.2, 0) is 22.6 Å². The zero-order valence-electron chi connectivity index (χ0n) is 18.1. The first-order valence-corrected chi connectivity index (χ1v) is 10.3. The van der Waals surface area contributed by atoms with Gasteiger partial charge in [-0.05, 0) is 42.3 Å². The number of hydrogen-bond donors (Lipinski definition) is 1. The van der Waals surface area contributed by atoms with E-state index in [-0.39, 0.29) is 5.91 Å². The van der Waals surface area contributed by atoms with Crippen molar-refractivity contribution >= 4 is 17.6 Å². The molecule has 1 amide bonds. The number of methoxy groups -OCH3 is 1. The molecule has 0 fully saturated rings. The van der Waals surface area contributed by atoms with Gasteiger partial charge in [-0.3, -0.25) is 9.80 Å². The van der Waals surface area contributed by atoms with Crippen molar-refractivity contribution in [2.24, 2.45) is 10.3 Å². The molecule has 0 spiro atoms. The van der Waals surface area contributed by atoms with E-state index >= 15 is 0 Å². The van der Waals surface area contributed by atoms with Gasteiger partial charge < -0.3 is 10.1 Å². The van der Waals surface area contributed by atoms with Gasteiger partial charge in [0.2, 0.25) is 0 Å². The van der Waals surface area contributed by atoms with Crippen LogP contribution in [0.1, 0.15) is 28.4 Å². The lowest BCUT2D eigenvalue weighted by Gasteiger charge is -2.18. The molecule has 7 nitrogen and oxygen atoms in total. The van der Waals surface area contributed by atoms with Gasteiger partial charge in [0, 0.05) is 5.56 Å². The molecule has 0 aliphatic carbocycles. The zero-order chi connectivity index (χ0) is 22.8. The Morgan fingerprint density at radius 1 is 0.875 bits per heavy atom. The Morgan fingerprint density at radius 3 is 1.91 bits per heavy atom. The Labute approximate surface area is 187 Å². The number of nitrogens with one attached hydrogen (secondary N) is 1. The molecule has 1 unspecified atom stereocenters. The van der Waals surface area contributed by atoms with Crippen molar-refractivity contribution in [1.82, 2.24) is 10.3 Å². The van der Waals surface area contributed by atoms with Crippen LogP contribution in [0.5, 0.6) is 0 Å². The van der Waals surface area contributed by atoms with Gasteiger partial charge in [-0.1, -0.05) is 65.9 Å². The van der Waals surface area contributed by atoms with Gasteiger partial charge in [0.25, 0.3) is 5.91 Å². The topological polar surface area (TPSA) is 83.4 Å². The Bertz CT molecular complexity index is 996. The number of carbonyl (C=O) groups excluding carboxylic acids is 2. The van der Waals surface area contributed by atoms with Gasteiger partial charge >= 0.3 is 5.97 Å². The number of ether oxygens (including phenoxy) is 1. The highest BCUT2D eigenvalue weighted by Crippen LogP contribution is 2.17. The van der Waals surface area contributed by atoms with Crippen molar-refractivity contribution in [3.63, 3.8) is 0 Å². The van der Waals surface area contributed by atoms with Crippen LogP contribution in [-0.4, -0.2) is 30.0 Å². The fraction of sp³-hybridized carbons (Fsp3) is 0.200. The molecular formula is C25H26N4O3. The minimum atomic E-state index is -0.726. The number of rotatable bonds is 9. The van der Waals surface area contributed by atoms with Crippen LogP contribution < -0.4 is 5.32 Å². The predicted octanol–water partition coefficient (Wildman–Crippen LogP) is 4.68. The van der Waals surface area contributed by atoms with E-state index in [0.29, 0.717) is 24.3 Å². The Morgan fingerprint density at radius 2 is 1.41 bits per heavy atom. The molecule has 3 aromatic rings. The highest BCUT2D eigenvalue weighted by Gasteiger charge is 2.16. The highest BCUT2D eigenvalue weighted by atomic mass is 16.5. The van der Waals surface area contributed by atoms with Crippen LogP contribution in [0.15, 0.2) is 95.3 Å². The molecule has 0 bridgehead atoms. The molecule has 1 N–H and O–H groups in total. The van der Waals surface area contributed by atoms with Gasteiger partial charge in [0.1, 0.15) is 6.04 Å². The van der Waals surface area contributed by atoms with Gasteiger partial charge in [-0.2, -0.15) is 0 Å². The average Bonchev–Trinajstić information content (AvgIpc) is 2.83. The van der Waals surface area contributed by atoms with Crippen LogP contribution in [0, 0.1) is 0 Å². The van der Waals surface area contributed by atoms with Crippen molar-refractivity contribution < 1.29 is 14.3 Å². The summed E-state index contributed by atoms with van der Waals surface area (Å²) in [6.45, 7) is 2.80. The number of nitrogens with zero attached hydrogens (tertiary/aromatic N) is 3. The highest BCUT2D eigenvalue weighted by molar-refractivity contribution is 5.96. The lowest BCUT2D eigenvalue weighted by molar-refractivity contribution is -0.142. The standard InChI is InChI=1S/C25H26N4O3/c1-19(25(31)32-2)26-24(30)22-13-15-23(16-14-22)27-28-29(17-20-9-5-3-6-10-20)18-21-11-7-4-8-12-21/h3-16,19H,17-18H2,1-2H3,(H,26,30). The van der Waals surface area contributed by atoms with Gasteiger partial charge in [-0.15, -0.1) is 5.11 Å². The van der Waals surface area contributed by atoms with Crippen molar-refractivity contribution in [2.75, 3.05) is 7.11 Å². The van der Waals surface area contributed by atoms with E-state index in [1.54, 1.807) is 31.2 Å². The molecule has 0 aromatic heterocycles. The molecule has 0 saturated heterocycles. The van der Waals surface area contributed by atoms with Crippen molar-refractivity contribution in [3.8, 4) is 0 Å². The second kappa shape index (κ2) is 11.4. The molecule has 7 heteroatoms. The molecule has 32 heavy (non-hydrogen) atoms. The Kier molecular flexibility index (Phi) is 8.09. The minimum Gasteiger partial charge on any atom is -0.467 e. The van der Waals surface area contributed by atoms with Crippen LogP contribution in [0.2, 0.25) is 0 Å².